The third-order valence-electron chi connectivity index (χ3n) is 5.76. The van der Waals surface area contributed by atoms with Gasteiger partial charge in [0.15, 0.2) is 5.96 Å². The summed E-state index contributed by atoms with van der Waals surface area (Å²) in [5, 5.41) is 7.31. The summed E-state index contributed by atoms with van der Waals surface area (Å²) >= 11 is 2.01. The molecule has 5 nitrogen and oxygen atoms in total. The van der Waals surface area contributed by atoms with Crippen molar-refractivity contribution in [2.75, 3.05) is 24.7 Å². The number of benzene rings is 1. The van der Waals surface area contributed by atoms with E-state index in [1.807, 2.05) is 30.0 Å². The molecule has 1 aromatic carbocycles. The molecule has 7 heteroatoms. The van der Waals surface area contributed by atoms with E-state index < -0.39 is 0 Å². The maximum atomic E-state index is 6.19. The SMILES string of the molecule is CC(NC(=NCCc1ccco1)NC1CCOC2(CCSC2)C1)c1ccccc1.I. The van der Waals surface area contributed by atoms with Crippen LogP contribution in [0, 0.1) is 0 Å². The molecular weight excluding hydrogens is 509 g/mol. The molecule has 2 saturated heterocycles. The zero-order chi connectivity index (χ0) is 19.9. The summed E-state index contributed by atoms with van der Waals surface area (Å²) in [4.78, 5) is 4.86. The largest absolute Gasteiger partial charge is 0.469 e. The van der Waals surface area contributed by atoms with Crippen LogP contribution in [-0.4, -0.2) is 42.3 Å². The quantitative estimate of drug-likeness (QED) is 0.313. The molecule has 0 amide bonds. The van der Waals surface area contributed by atoms with Gasteiger partial charge in [0, 0.05) is 31.4 Å². The van der Waals surface area contributed by atoms with Gasteiger partial charge in [-0.2, -0.15) is 11.8 Å². The zero-order valence-corrected chi connectivity index (χ0v) is 20.7. The Balaban J connectivity index is 0.00000256. The molecule has 0 bridgehead atoms. The topological polar surface area (TPSA) is 58.8 Å². The van der Waals surface area contributed by atoms with Crippen molar-refractivity contribution in [3.8, 4) is 0 Å². The summed E-state index contributed by atoms with van der Waals surface area (Å²) in [5.41, 5.74) is 1.31. The first-order valence-corrected chi connectivity index (χ1v) is 11.7. The Morgan fingerprint density at radius 2 is 2.13 bits per heavy atom. The Kier molecular flexibility index (Phi) is 8.95. The molecule has 1 spiro atoms. The number of aliphatic imine (C=N–C) groups is 1. The fourth-order valence-corrected chi connectivity index (χ4v) is 5.48. The molecule has 0 saturated carbocycles. The van der Waals surface area contributed by atoms with Crippen LogP contribution in [0.25, 0.3) is 0 Å². The number of ether oxygens (including phenoxy) is 1. The van der Waals surface area contributed by atoms with Crippen LogP contribution in [0.15, 0.2) is 58.1 Å². The number of rotatable bonds is 6. The summed E-state index contributed by atoms with van der Waals surface area (Å²) in [5.74, 6) is 4.17. The monoisotopic (exact) mass is 541 g/mol. The van der Waals surface area contributed by atoms with E-state index in [2.05, 4.69) is 41.8 Å². The average Bonchev–Trinajstić information content (AvgIpc) is 3.41. The van der Waals surface area contributed by atoms with E-state index in [4.69, 9.17) is 14.1 Å². The highest BCUT2D eigenvalue weighted by molar-refractivity contribution is 14.0. The standard InChI is InChI=1S/C23H31N3O2S.HI/c1-18(19-6-3-2-4-7-19)25-22(24-12-9-21-8-5-13-27-21)26-20-10-14-28-23(16-20)11-15-29-17-23;/h2-8,13,18,20H,9-12,14-17H2,1H3,(H2,24,25,26);1H. The van der Waals surface area contributed by atoms with Gasteiger partial charge in [0.2, 0.25) is 0 Å². The van der Waals surface area contributed by atoms with Crippen LogP contribution in [0.2, 0.25) is 0 Å². The maximum absolute atomic E-state index is 6.19. The lowest BCUT2D eigenvalue weighted by Crippen LogP contribution is -2.52. The van der Waals surface area contributed by atoms with Gasteiger partial charge in [-0.1, -0.05) is 30.3 Å². The van der Waals surface area contributed by atoms with E-state index in [-0.39, 0.29) is 35.6 Å². The van der Waals surface area contributed by atoms with Crippen LogP contribution in [-0.2, 0) is 11.2 Å². The van der Waals surface area contributed by atoms with Gasteiger partial charge in [-0.05, 0) is 49.6 Å². The van der Waals surface area contributed by atoms with Gasteiger partial charge in [-0.3, -0.25) is 4.99 Å². The van der Waals surface area contributed by atoms with E-state index in [1.165, 1.54) is 11.3 Å². The maximum Gasteiger partial charge on any atom is 0.191 e. The second kappa shape index (κ2) is 11.4. The second-order valence-corrected chi connectivity index (χ2v) is 9.11. The molecule has 4 rings (SSSR count). The summed E-state index contributed by atoms with van der Waals surface area (Å²) in [6, 6.07) is 15.0. The van der Waals surface area contributed by atoms with Crippen molar-refractivity contribution < 1.29 is 9.15 Å². The van der Waals surface area contributed by atoms with Crippen molar-refractivity contribution in [2.45, 2.75) is 50.3 Å². The number of hydrogen-bond acceptors (Lipinski definition) is 4. The summed E-state index contributed by atoms with van der Waals surface area (Å²) in [6.45, 7) is 3.69. The van der Waals surface area contributed by atoms with Crippen molar-refractivity contribution in [2.24, 2.45) is 4.99 Å². The second-order valence-electron chi connectivity index (χ2n) is 8.00. The number of guanidine groups is 1. The third kappa shape index (κ3) is 6.40. The summed E-state index contributed by atoms with van der Waals surface area (Å²) in [6.07, 6.45) is 5.75. The van der Waals surface area contributed by atoms with Crippen molar-refractivity contribution in [3.63, 3.8) is 0 Å². The first-order chi connectivity index (χ1) is 14.2. The number of furan rings is 1. The molecule has 1 aromatic heterocycles. The molecule has 2 aromatic rings. The molecule has 30 heavy (non-hydrogen) atoms. The van der Waals surface area contributed by atoms with Gasteiger partial charge >= 0.3 is 0 Å². The number of thioether (sulfide) groups is 1. The van der Waals surface area contributed by atoms with E-state index in [0.717, 1.165) is 49.8 Å². The number of nitrogens with one attached hydrogen (secondary N) is 2. The van der Waals surface area contributed by atoms with Crippen LogP contribution >= 0.6 is 35.7 Å². The minimum atomic E-state index is 0. The first kappa shape index (κ1) is 23.5. The molecule has 0 aliphatic carbocycles. The van der Waals surface area contributed by atoms with E-state index in [0.29, 0.717) is 12.6 Å². The highest BCUT2D eigenvalue weighted by atomic mass is 127. The van der Waals surface area contributed by atoms with Gasteiger partial charge in [0.05, 0.1) is 17.9 Å². The fraction of sp³-hybridized carbons (Fsp3) is 0.522. The van der Waals surface area contributed by atoms with E-state index in [1.54, 1.807) is 6.26 Å². The minimum absolute atomic E-state index is 0. The molecule has 3 atom stereocenters. The van der Waals surface area contributed by atoms with Crippen molar-refractivity contribution in [1.29, 1.82) is 0 Å². The molecule has 2 N–H and O–H groups in total. The molecule has 2 fully saturated rings. The smallest absolute Gasteiger partial charge is 0.191 e. The Bertz CT molecular complexity index is 779. The highest BCUT2D eigenvalue weighted by Crippen LogP contribution is 2.38. The van der Waals surface area contributed by atoms with Crippen molar-refractivity contribution in [1.82, 2.24) is 10.6 Å². The van der Waals surface area contributed by atoms with Crippen LogP contribution in [0.1, 0.15) is 43.6 Å². The van der Waals surface area contributed by atoms with Crippen LogP contribution < -0.4 is 10.6 Å². The van der Waals surface area contributed by atoms with Crippen molar-refractivity contribution >= 4 is 41.7 Å². The number of nitrogens with zero attached hydrogens (tertiary/aromatic N) is 1. The van der Waals surface area contributed by atoms with Gasteiger partial charge in [0.25, 0.3) is 0 Å². The lowest BCUT2D eigenvalue weighted by Gasteiger charge is -2.38. The molecule has 2 aliphatic rings. The lowest BCUT2D eigenvalue weighted by atomic mass is 9.90. The van der Waals surface area contributed by atoms with Crippen molar-refractivity contribution in [3.05, 3.63) is 60.1 Å². The number of halogens is 1. The van der Waals surface area contributed by atoms with Gasteiger partial charge < -0.3 is 19.8 Å². The molecular formula is C23H32IN3O2S. The predicted molar refractivity (Wildman–Crippen MR) is 135 cm³/mol. The normalized spacial score (nSPS) is 25.0. The van der Waals surface area contributed by atoms with E-state index in [9.17, 15) is 0 Å². The Hall–Kier alpha value is -1.19. The Morgan fingerprint density at radius 1 is 1.27 bits per heavy atom. The molecule has 3 unspecified atom stereocenters. The zero-order valence-electron chi connectivity index (χ0n) is 17.5. The first-order valence-electron chi connectivity index (χ1n) is 10.6. The highest BCUT2D eigenvalue weighted by Gasteiger charge is 2.40. The molecule has 3 heterocycles. The van der Waals surface area contributed by atoms with Crippen LogP contribution in [0.4, 0.5) is 0 Å². The molecule has 0 radical (unpaired) electrons. The van der Waals surface area contributed by atoms with Gasteiger partial charge in [-0.15, -0.1) is 24.0 Å². The third-order valence-corrected chi connectivity index (χ3v) is 6.98. The summed E-state index contributed by atoms with van der Waals surface area (Å²) < 4.78 is 11.6. The average molecular weight is 541 g/mol. The predicted octanol–water partition coefficient (Wildman–Crippen LogP) is 4.79. The van der Waals surface area contributed by atoms with Gasteiger partial charge in [0.1, 0.15) is 5.76 Å². The van der Waals surface area contributed by atoms with Crippen LogP contribution in [0.5, 0.6) is 0 Å². The molecule has 164 valence electrons. The van der Waals surface area contributed by atoms with E-state index >= 15 is 0 Å². The minimum Gasteiger partial charge on any atom is -0.469 e. The molecule has 2 aliphatic heterocycles. The fourth-order valence-electron chi connectivity index (χ4n) is 4.10. The summed E-state index contributed by atoms with van der Waals surface area (Å²) in [7, 11) is 0. The van der Waals surface area contributed by atoms with Gasteiger partial charge in [-0.25, -0.2) is 0 Å². The Labute approximate surface area is 200 Å². The Morgan fingerprint density at radius 3 is 2.87 bits per heavy atom. The lowest BCUT2D eigenvalue weighted by molar-refractivity contribution is -0.0679. The van der Waals surface area contributed by atoms with Crippen LogP contribution in [0.3, 0.4) is 0 Å². The number of hydrogen-bond donors (Lipinski definition) is 2.